The van der Waals surface area contributed by atoms with Crippen LogP contribution in [0.5, 0.6) is 11.6 Å². The summed E-state index contributed by atoms with van der Waals surface area (Å²) < 4.78 is 56.2. The van der Waals surface area contributed by atoms with Crippen molar-refractivity contribution in [3.63, 3.8) is 0 Å². The van der Waals surface area contributed by atoms with Crippen molar-refractivity contribution in [3.8, 4) is 17.7 Å². The third-order valence-electron chi connectivity index (χ3n) is 2.58. The van der Waals surface area contributed by atoms with Crippen LogP contribution >= 0.6 is 0 Å². The molecule has 0 N–H and O–H groups in total. The van der Waals surface area contributed by atoms with Crippen molar-refractivity contribution in [1.82, 2.24) is 4.98 Å². The molecular formula is C14H8F4N2O. The zero-order valence-electron chi connectivity index (χ0n) is 10.7. The molecule has 0 saturated heterocycles. The summed E-state index contributed by atoms with van der Waals surface area (Å²) in [4.78, 5) is 3.93. The highest BCUT2D eigenvalue weighted by Gasteiger charge is 2.34. The van der Waals surface area contributed by atoms with E-state index in [1.54, 1.807) is 13.0 Å². The maximum atomic E-state index is 13.2. The van der Waals surface area contributed by atoms with Gasteiger partial charge in [-0.05, 0) is 37.3 Å². The van der Waals surface area contributed by atoms with E-state index in [-0.39, 0.29) is 17.2 Å². The second kappa shape index (κ2) is 5.40. The molecule has 2 rings (SSSR count). The highest BCUT2D eigenvalue weighted by atomic mass is 19.4. The Kier molecular flexibility index (Phi) is 3.80. The average Bonchev–Trinajstić information content (AvgIpc) is 2.40. The van der Waals surface area contributed by atoms with E-state index in [0.717, 1.165) is 6.07 Å². The quantitative estimate of drug-likeness (QED) is 0.780. The molecule has 3 nitrogen and oxygen atoms in total. The van der Waals surface area contributed by atoms with Crippen LogP contribution in [-0.2, 0) is 6.18 Å². The van der Waals surface area contributed by atoms with Gasteiger partial charge in [-0.15, -0.1) is 0 Å². The predicted molar refractivity (Wildman–Crippen MR) is 65.2 cm³/mol. The van der Waals surface area contributed by atoms with Crippen molar-refractivity contribution in [2.24, 2.45) is 0 Å². The molecule has 0 unspecified atom stereocenters. The molecule has 0 radical (unpaired) electrons. The summed E-state index contributed by atoms with van der Waals surface area (Å²) in [5.41, 5.74) is -0.841. The van der Waals surface area contributed by atoms with Crippen LogP contribution < -0.4 is 4.74 Å². The summed E-state index contributed by atoms with van der Waals surface area (Å²) in [5.74, 6) is -1.77. The molecule has 1 aromatic carbocycles. The molecule has 7 heteroatoms. The number of hydrogen-bond donors (Lipinski definition) is 0. The molecule has 0 atom stereocenters. The van der Waals surface area contributed by atoms with Gasteiger partial charge in [-0.3, -0.25) is 0 Å². The SMILES string of the molecule is Cc1ccc(C#N)c(Oc2ccc(F)c(C(F)(F)F)c2)n1. The first-order valence-electron chi connectivity index (χ1n) is 5.73. The highest BCUT2D eigenvalue weighted by Crippen LogP contribution is 2.34. The average molecular weight is 296 g/mol. The molecule has 108 valence electrons. The number of pyridine rings is 1. The lowest BCUT2D eigenvalue weighted by atomic mass is 10.2. The fourth-order valence-corrected chi connectivity index (χ4v) is 1.59. The summed E-state index contributed by atoms with van der Waals surface area (Å²) in [6.07, 6.45) is -4.83. The first-order chi connectivity index (χ1) is 9.81. The van der Waals surface area contributed by atoms with Gasteiger partial charge < -0.3 is 4.74 Å². The first kappa shape index (κ1) is 14.8. The largest absolute Gasteiger partial charge is 0.438 e. The summed E-state index contributed by atoms with van der Waals surface area (Å²) in [7, 11) is 0. The van der Waals surface area contributed by atoms with Crippen LogP contribution in [0.2, 0.25) is 0 Å². The molecule has 0 aliphatic heterocycles. The Balaban J connectivity index is 2.42. The molecule has 1 heterocycles. The normalized spacial score (nSPS) is 11.0. The molecule has 1 aromatic heterocycles. The van der Waals surface area contributed by atoms with Crippen LogP contribution in [-0.4, -0.2) is 4.98 Å². The molecule has 0 saturated carbocycles. The number of rotatable bonds is 2. The van der Waals surface area contributed by atoms with E-state index >= 15 is 0 Å². The smallest absolute Gasteiger partial charge is 0.419 e. The predicted octanol–water partition coefficient (Wildman–Crippen LogP) is 4.21. The number of ether oxygens (including phenoxy) is 1. The fourth-order valence-electron chi connectivity index (χ4n) is 1.59. The third kappa shape index (κ3) is 3.28. The summed E-state index contributed by atoms with van der Waals surface area (Å²) >= 11 is 0. The van der Waals surface area contributed by atoms with E-state index in [1.807, 2.05) is 6.07 Å². The minimum absolute atomic E-state index is 0.0680. The maximum absolute atomic E-state index is 13.2. The van der Waals surface area contributed by atoms with Gasteiger partial charge >= 0.3 is 6.18 Å². The van der Waals surface area contributed by atoms with E-state index in [2.05, 4.69) is 4.98 Å². The molecule has 2 aromatic rings. The topological polar surface area (TPSA) is 45.9 Å². The number of hydrogen-bond acceptors (Lipinski definition) is 3. The Hall–Kier alpha value is -2.62. The molecule has 0 bridgehead atoms. The number of benzene rings is 1. The number of alkyl halides is 3. The standard InChI is InChI=1S/C14H8F4N2O/c1-8-2-3-9(7-19)13(20-8)21-10-4-5-12(15)11(6-10)14(16,17)18/h2-6H,1H3. The molecule has 21 heavy (non-hydrogen) atoms. The number of aryl methyl sites for hydroxylation is 1. The molecule has 0 amide bonds. The lowest BCUT2D eigenvalue weighted by Gasteiger charge is -2.11. The van der Waals surface area contributed by atoms with Crippen LogP contribution in [0.1, 0.15) is 16.8 Å². The van der Waals surface area contributed by atoms with Gasteiger partial charge in [0.1, 0.15) is 23.2 Å². The maximum Gasteiger partial charge on any atom is 0.419 e. The fraction of sp³-hybridized carbons (Fsp3) is 0.143. The van der Waals surface area contributed by atoms with Crippen LogP contribution in [0.15, 0.2) is 30.3 Å². The number of aromatic nitrogens is 1. The molecule has 0 spiro atoms. The minimum atomic E-state index is -4.83. The van der Waals surface area contributed by atoms with Gasteiger partial charge in [0, 0.05) is 5.69 Å². The molecular weight excluding hydrogens is 288 g/mol. The lowest BCUT2D eigenvalue weighted by Crippen LogP contribution is -2.08. The van der Waals surface area contributed by atoms with Crippen molar-refractivity contribution in [2.75, 3.05) is 0 Å². The van der Waals surface area contributed by atoms with E-state index < -0.39 is 17.6 Å². The van der Waals surface area contributed by atoms with Crippen molar-refractivity contribution in [1.29, 1.82) is 5.26 Å². The summed E-state index contributed by atoms with van der Waals surface area (Å²) in [6.45, 7) is 1.64. The van der Waals surface area contributed by atoms with E-state index in [1.165, 1.54) is 6.07 Å². The zero-order valence-corrected chi connectivity index (χ0v) is 10.7. The summed E-state index contributed by atoms with van der Waals surface area (Å²) in [5, 5.41) is 8.91. The van der Waals surface area contributed by atoms with Gasteiger partial charge in [-0.2, -0.15) is 18.4 Å². The monoisotopic (exact) mass is 296 g/mol. The van der Waals surface area contributed by atoms with Crippen molar-refractivity contribution in [2.45, 2.75) is 13.1 Å². The van der Waals surface area contributed by atoms with Crippen molar-refractivity contribution in [3.05, 3.63) is 53.0 Å². The first-order valence-corrected chi connectivity index (χ1v) is 5.73. The number of nitrogens with zero attached hydrogens (tertiary/aromatic N) is 2. The van der Waals surface area contributed by atoms with Gasteiger partial charge in [0.2, 0.25) is 5.88 Å². The van der Waals surface area contributed by atoms with Crippen molar-refractivity contribution >= 4 is 0 Å². The molecule has 0 aliphatic carbocycles. The third-order valence-corrected chi connectivity index (χ3v) is 2.58. The summed E-state index contributed by atoms with van der Waals surface area (Å²) in [6, 6.07) is 7.04. The Bertz CT molecular complexity index is 720. The number of halogens is 4. The zero-order chi connectivity index (χ0) is 15.6. The van der Waals surface area contributed by atoms with E-state index in [9.17, 15) is 17.6 Å². The van der Waals surface area contributed by atoms with Crippen LogP contribution in [0.4, 0.5) is 17.6 Å². The Morgan fingerprint density at radius 2 is 1.90 bits per heavy atom. The molecule has 0 fully saturated rings. The van der Waals surface area contributed by atoms with Crippen LogP contribution in [0, 0.1) is 24.1 Å². The van der Waals surface area contributed by atoms with Crippen LogP contribution in [0.25, 0.3) is 0 Å². The highest BCUT2D eigenvalue weighted by molar-refractivity contribution is 5.42. The number of nitriles is 1. The van der Waals surface area contributed by atoms with Crippen molar-refractivity contribution < 1.29 is 22.3 Å². The Labute approximate surface area is 117 Å². The second-order valence-corrected chi connectivity index (χ2v) is 4.16. The van der Waals surface area contributed by atoms with Gasteiger partial charge in [0.05, 0.1) is 5.56 Å². The van der Waals surface area contributed by atoms with Gasteiger partial charge in [-0.1, -0.05) is 0 Å². The Morgan fingerprint density at radius 3 is 2.52 bits per heavy atom. The van der Waals surface area contributed by atoms with E-state index in [4.69, 9.17) is 10.00 Å². The van der Waals surface area contributed by atoms with Gasteiger partial charge in [-0.25, -0.2) is 9.37 Å². The van der Waals surface area contributed by atoms with Gasteiger partial charge in [0.25, 0.3) is 0 Å². The second-order valence-electron chi connectivity index (χ2n) is 4.16. The Morgan fingerprint density at radius 1 is 1.19 bits per heavy atom. The minimum Gasteiger partial charge on any atom is -0.438 e. The lowest BCUT2D eigenvalue weighted by molar-refractivity contribution is -0.140. The van der Waals surface area contributed by atoms with Gasteiger partial charge in [0.15, 0.2) is 0 Å². The van der Waals surface area contributed by atoms with E-state index in [0.29, 0.717) is 17.8 Å². The molecule has 0 aliphatic rings. The van der Waals surface area contributed by atoms with Crippen LogP contribution in [0.3, 0.4) is 0 Å².